The molecule has 0 bridgehead atoms. The number of aliphatic hydroxyl groups excluding tert-OH is 1. The molecular formula is C40H40N4O10S. The highest BCUT2D eigenvalue weighted by Gasteiger charge is 2.32. The third-order valence-corrected chi connectivity index (χ3v) is 10.9. The van der Waals surface area contributed by atoms with Gasteiger partial charge in [-0.2, -0.15) is 4.31 Å². The number of para-hydroxylation sites is 3. The van der Waals surface area contributed by atoms with Gasteiger partial charge in [0.05, 0.1) is 48.2 Å². The van der Waals surface area contributed by atoms with Crippen molar-refractivity contribution in [3.05, 3.63) is 142 Å². The molecule has 2 atom stereocenters. The Balaban J connectivity index is 1.15. The molecule has 0 fully saturated rings. The standard InChI is InChI=1S/C40H40N4O10S/c1-51-29-14-16-30(17-15-29)55(49,50)44(18-20-45)19-21-52-37-23-28(32-25-53-35-9-5-2-6-31(35)38(32)46)22-36(54-37)40(48)42-24-26-10-12-27(13-11-26)39(47)43-34-8-4-3-7-33(34)41/h2-17,22,25,28,37,45H,18-21,23-24,41H2,1H3,(H,42,48)(H,43,47)/t28-,37+/m1/s1. The minimum Gasteiger partial charge on any atom is -0.497 e. The summed E-state index contributed by atoms with van der Waals surface area (Å²) in [6.07, 6.45) is 1.95. The number of nitrogens with two attached hydrogens (primary N) is 1. The van der Waals surface area contributed by atoms with E-state index in [-0.39, 0.29) is 60.2 Å². The van der Waals surface area contributed by atoms with E-state index in [2.05, 4.69) is 10.6 Å². The zero-order valence-corrected chi connectivity index (χ0v) is 30.7. The number of rotatable bonds is 15. The van der Waals surface area contributed by atoms with Crippen LogP contribution in [0, 0.1) is 0 Å². The Hall–Kier alpha value is -6.00. The Bertz CT molecular complexity index is 2350. The lowest BCUT2D eigenvalue weighted by molar-refractivity contribution is -0.146. The van der Waals surface area contributed by atoms with Crippen molar-refractivity contribution in [3.63, 3.8) is 0 Å². The monoisotopic (exact) mass is 768 g/mol. The van der Waals surface area contributed by atoms with E-state index in [1.165, 1.54) is 43.7 Å². The number of allylic oxidation sites excluding steroid dienone is 1. The van der Waals surface area contributed by atoms with Gasteiger partial charge in [-0.3, -0.25) is 14.4 Å². The van der Waals surface area contributed by atoms with Gasteiger partial charge in [0, 0.05) is 43.1 Å². The quantitative estimate of drug-likeness (QED) is 0.110. The Morgan fingerprint density at radius 2 is 1.67 bits per heavy atom. The van der Waals surface area contributed by atoms with Crippen LogP contribution in [0.15, 0.2) is 129 Å². The molecule has 1 aromatic heterocycles. The van der Waals surface area contributed by atoms with Crippen molar-refractivity contribution in [2.75, 3.05) is 44.5 Å². The van der Waals surface area contributed by atoms with E-state index < -0.39 is 34.7 Å². The molecule has 2 heterocycles. The second-order valence-corrected chi connectivity index (χ2v) is 14.5. The van der Waals surface area contributed by atoms with Gasteiger partial charge in [-0.05, 0) is 72.3 Å². The third-order valence-electron chi connectivity index (χ3n) is 8.96. The maximum atomic E-state index is 13.6. The van der Waals surface area contributed by atoms with Crippen LogP contribution >= 0.6 is 0 Å². The summed E-state index contributed by atoms with van der Waals surface area (Å²) in [6.45, 7) is -0.840. The lowest BCUT2D eigenvalue weighted by Gasteiger charge is -2.30. The van der Waals surface area contributed by atoms with Crippen LogP contribution < -0.4 is 26.5 Å². The second kappa shape index (κ2) is 17.4. The van der Waals surface area contributed by atoms with Gasteiger partial charge in [-0.1, -0.05) is 36.4 Å². The van der Waals surface area contributed by atoms with Crippen LogP contribution in [0.2, 0.25) is 0 Å². The number of amides is 2. The fraction of sp³-hybridized carbons (Fsp3) is 0.225. The van der Waals surface area contributed by atoms with Gasteiger partial charge < -0.3 is 40.1 Å². The smallest absolute Gasteiger partial charge is 0.286 e. The van der Waals surface area contributed by atoms with E-state index in [0.717, 1.165) is 4.31 Å². The number of sulfonamides is 1. The van der Waals surface area contributed by atoms with Crippen molar-refractivity contribution in [2.45, 2.75) is 30.1 Å². The molecule has 0 aliphatic carbocycles. The minimum absolute atomic E-state index is 0.0101. The van der Waals surface area contributed by atoms with E-state index in [4.69, 9.17) is 24.4 Å². The van der Waals surface area contributed by atoms with E-state index in [9.17, 15) is 27.9 Å². The molecule has 0 saturated heterocycles. The number of nitrogens with zero attached hydrogens (tertiary/aromatic N) is 1. The molecule has 1 aliphatic heterocycles. The Morgan fingerprint density at radius 1 is 0.945 bits per heavy atom. The van der Waals surface area contributed by atoms with Gasteiger partial charge >= 0.3 is 0 Å². The topological polar surface area (TPSA) is 200 Å². The number of hydrogen-bond donors (Lipinski definition) is 4. The number of ether oxygens (including phenoxy) is 3. The molecule has 286 valence electrons. The number of methoxy groups -OCH3 is 1. The molecule has 5 aromatic rings. The van der Waals surface area contributed by atoms with Crippen LogP contribution in [-0.4, -0.2) is 69.3 Å². The number of carbonyl (C=O) groups excluding carboxylic acids is 2. The summed E-state index contributed by atoms with van der Waals surface area (Å²) < 4.78 is 50.8. The summed E-state index contributed by atoms with van der Waals surface area (Å²) in [7, 11) is -2.54. The molecule has 0 radical (unpaired) electrons. The Morgan fingerprint density at radius 3 is 2.40 bits per heavy atom. The zero-order valence-electron chi connectivity index (χ0n) is 29.8. The van der Waals surface area contributed by atoms with Crippen LogP contribution in [0.4, 0.5) is 11.4 Å². The number of anilines is 2. The maximum absolute atomic E-state index is 13.6. The minimum atomic E-state index is -4.01. The average Bonchev–Trinajstić information content (AvgIpc) is 3.20. The Labute approximate surface area is 317 Å². The fourth-order valence-corrected chi connectivity index (χ4v) is 7.39. The van der Waals surface area contributed by atoms with Crippen LogP contribution in [0.3, 0.4) is 0 Å². The highest BCUT2D eigenvalue weighted by Crippen LogP contribution is 2.31. The van der Waals surface area contributed by atoms with Crippen molar-refractivity contribution < 1.29 is 41.7 Å². The van der Waals surface area contributed by atoms with Crippen molar-refractivity contribution in [3.8, 4) is 5.75 Å². The van der Waals surface area contributed by atoms with E-state index in [0.29, 0.717) is 39.2 Å². The van der Waals surface area contributed by atoms with Gasteiger partial charge in [0.2, 0.25) is 16.3 Å². The second-order valence-electron chi connectivity index (χ2n) is 12.5. The Kier molecular flexibility index (Phi) is 12.3. The van der Waals surface area contributed by atoms with E-state index in [1.54, 1.807) is 72.8 Å². The molecule has 15 heteroatoms. The first-order valence-corrected chi connectivity index (χ1v) is 18.8. The van der Waals surface area contributed by atoms with Crippen LogP contribution in [0.5, 0.6) is 5.75 Å². The van der Waals surface area contributed by atoms with Gasteiger partial charge in [0.25, 0.3) is 11.8 Å². The van der Waals surface area contributed by atoms with Gasteiger partial charge in [-0.15, -0.1) is 0 Å². The van der Waals surface area contributed by atoms with Crippen molar-refractivity contribution >= 4 is 44.2 Å². The number of benzene rings is 4. The molecule has 5 N–H and O–H groups in total. The maximum Gasteiger partial charge on any atom is 0.286 e. The highest BCUT2D eigenvalue weighted by atomic mass is 32.2. The third kappa shape index (κ3) is 9.21. The predicted molar refractivity (Wildman–Crippen MR) is 205 cm³/mol. The first kappa shape index (κ1) is 38.7. The summed E-state index contributed by atoms with van der Waals surface area (Å²) in [5.74, 6) is -1.21. The SMILES string of the molecule is COc1ccc(S(=O)(=O)N(CCO)CCO[C@@H]2C[C@H](c3coc4ccccc4c3=O)C=C(C(=O)NCc3ccc(C(=O)Nc4ccccc4N)cc3)O2)cc1. The molecular weight excluding hydrogens is 729 g/mol. The molecule has 6 rings (SSSR count). The first-order chi connectivity index (χ1) is 26.6. The number of nitrogens with one attached hydrogen (secondary N) is 2. The molecule has 55 heavy (non-hydrogen) atoms. The van der Waals surface area contributed by atoms with E-state index in [1.807, 2.05) is 0 Å². The van der Waals surface area contributed by atoms with Crippen molar-refractivity contribution in [2.24, 2.45) is 0 Å². The molecule has 1 aliphatic rings. The molecule has 14 nitrogen and oxygen atoms in total. The van der Waals surface area contributed by atoms with Gasteiger partial charge in [0.1, 0.15) is 11.3 Å². The zero-order chi connectivity index (χ0) is 39.0. The fourth-order valence-electron chi connectivity index (χ4n) is 5.98. The lowest BCUT2D eigenvalue weighted by atomic mass is 9.93. The van der Waals surface area contributed by atoms with E-state index >= 15 is 0 Å². The van der Waals surface area contributed by atoms with Crippen molar-refractivity contribution in [1.29, 1.82) is 0 Å². The van der Waals surface area contributed by atoms with Crippen LogP contribution in [-0.2, 0) is 30.8 Å². The largest absolute Gasteiger partial charge is 0.497 e. The normalized spacial score (nSPS) is 15.6. The van der Waals surface area contributed by atoms with Crippen LogP contribution in [0.25, 0.3) is 11.0 Å². The number of carbonyl (C=O) groups is 2. The average molecular weight is 769 g/mol. The first-order valence-electron chi connectivity index (χ1n) is 17.4. The van der Waals surface area contributed by atoms with Crippen LogP contribution in [0.1, 0.15) is 33.8 Å². The summed E-state index contributed by atoms with van der Waals surface area (Å²) in [4.78, 5) is 39.9. The summed E-state index contributed by atoms with van der Waals surface area (Å²) in [6, 6.07) is 26.3. The molecule has 4 aromatic carbocycles. The van der Waals surface area contributed by atoms with Gasteiger partial charge in [0.15, 0.2) is 11.2 Å². The van der Waals surface area contributed by atoms with Gasteiger partial charge in [-0.25, -0.2) is 8.42 Å². The number of nitrogen functional groups attached to an aromatic ring is 1. The molecule has 0 spiro atoms. The number of fused-ring (bicyclic) bond motifs is 1. The lowest BCUT2D eigenvalue weighted by Crippen LogP contribution is -2.38. The number of hydrogen-bond acceptors (Lipinski definition) is 11. The molecule has 2 amide bonds. The predicted octanol–water partition coefficient (Wildman–Crippen LogP) is 4.37. The summed E-state index contributed by atoms with van der Waals surface area (Å²) >= 11 is 0. The van der Waals surface area contributed by atoms with Crippen molar-refractivity contribution in [1.82, 2.24) is 9.62 Å². The molecule has 0 unspecified atom stereocenters. The summed E-state index contributed by atoms with van der Waals surface area (Å²) in [5, 5.41) is 15.6. The number of aliphatic hydroxyl groups is 1. The molecule has 0 saturated carbocycles. The highest BCUT2D eigenvalue weighted by molar-refractivity contribution is 7.89. The summed E-state index contributed by atoms with van der Waals surface area (Å²) in [5.41, 5.74) is 8.38.